The average Bonchev–Trinajstić information content (AvgIpc) is 2.82. The molecule has 0 saturated carbocycles. The third kappa shape index (κ3) is 5.74. The molecule has 7 heteroatoms. The minimum absolute atomic E-state index is 0.144. The summed E-state index contributed by atoms with van der Waals surface area (Å²) in [6.07, 6.45) is 1.66. The summed E-state index contributed by atoms with van der Waals surface area (Å²) >= 11 is 0. The van der Waals surface area contributed by atoms with Crippen molar-refractivity contribution in [2.75, 3.05) is 19.0 Å². The molecule has 3 rings (SSSR count). The van der Waals surface area contributed by atoms with E-state index in [-0.39, 0.29) is 18.1 Å². The van der Waals surface area contributed by atoms with Crippen molar-refractivity contribution in [3.05, 3.63) is 89.5 Å². The van der Waals surface area contributed by atoms with Crippen LogP contribution in [0.2, 0.25) is 0 Å². The first-order chi connectivity index (χ1) is 15.5. The summed E-state index contributed by atoms with van der Waals surface area (Å²) in [4.78, 5) is 23.1. The number of ether oxygens (including phenoxy) is 2. The number of nitrogens with zero attached hydrogens (tertiary/aromatic N) is 1. The van der Waals surface area contributed by atoms with Gasteiger partial charge in [-0.3, -0.25) is 4.79 Å². The largest absolute Gasteiger partial charge is 0.493 e. The Balaban J connectivity index is 1.73. The third-order valence-electron chi connectivity index (χ3n) is 4.48. The molecule has 0 spiro atoms. The first-order valence-electron chi connectivity index (χ1n) is 9.61. The number of carbonyl (C=O) groups excluding carboxylic acids is 1. The first kappa shape index (κ1) is 22.1. The van der Waals surface area contributed by atoms with Crippen LogP contribution in [0.5, 0.6) is 11.5 Å². The molecular weight excluding hydrogens is 408 g/mol. The van der Waals surface area contributed by atoms with Crippen molar-refractivity contribution in [3.8, 4) is 17.6 Å². The quantitative estimate of drug-likeness (QED) is 0.405. The fraction of sp³-hybridized carbons (Fsp3) is 0.0800. The van der Waals surface area contributed by atoms with Gasteiger partial charge in [0.1, 0.15) is 0 Å². The number of amides is 1. The summed E-state index contributed by atoms with van der Waals surface area (Å²) in [6, 6.07) is 22.3. The fourth-order valence-electron chi connectivity index (χ4n) is 2.89. The highest BCUT2D eigenvalue weighted by Gasteiger charge is 2.10. The van der Waals surface area contributed by atoms with Crippen molar-refractivity contribution in [3.63, 3.8) is 0 Å². The van der Waals surface area contributed by atoms with E-state index in [4.69, 9.17) is 14.6 Å². The van der Waals surface area contributed by atoms with Crippen LogP contribution in [0.15, 0.2) is 72.8 Å². The zero-order valence-corrected chi connectivity index (χ0v) is 17.2. The lowest BCUT2D eigenvalue weighted by molar-refractivity contribution is -0.118. The van der Waals surface area contributed by atoms with Gasteiger partial charge in [0.05, 0.1) is 24.3 Å². The molecule has 32 heavy (non-hydrogen) atoms. The Morgan fingerprint density at radius 2 is 1.69 bits per heavy atom. The zero-order valence-electron chi connectivity index (χ0n) is 17.2. The van der Waals surface area contributed by atoms with Gasteiger partial charge in [0.15, 0.2) is 18.1 Å². The van der Waals surface area contributed by atoms with E-state index in [1.807, 2.05) is 18.2 Å². The lowest BCUT2D eigenvalue weighted by atomic mass is 10.0. The van der Waals surface area contributed by atoms with E-state index in [1.54, 1.807) is 48.5 Å². The molecule has 1 amide bonds. The Bertz CT molecular complexity index is 1180. The molecular formula is C25H20N2O5. The number of carbonyl (C=O) groups is 2. The number of methoxy groups -OCH3 is 1. The van der Waals surface area contributed by atoms with Crippen molar-refractivity contribution in [1.82, 2.24) is 0 Å². The highest BCUT2D eigenvalue weighted by molar-refractivity contribution is 5.93. The SMILES string of the molecule is COc1cc(/C=C(/C#N)c2ccc(C(=O)O)cc2)ccc1OCC(=O)Nc1ccccc1. The predicted octanol–water partition coefficient (Wildman–Crippen LogP) is 4.48. The number of nitriles is 1. The van der Waals surface area contributed by atoms with Crippen molar-refractivity contribution in [2.24, 2.45) is 0 Å². The first-order valence-corrected chi connectivity index (χ1v) is 9.61. The Morgan fingerprint density at radius 1 is 1.00 bits per heavy atom. The van der Waals surface area contributed by atoms with Gasteiger partial charge in [0.2, 0.25) is 0 Å². The predicted molar refractivity (Wildman–Crippen MR) is 120 cm³/mol. The smallest absolute Gasteiger partial charge is 0.335 e. The average molecular weight is 428 g/mol. The number of aromatic carboxylic acids is 1. The van der Waals surface area contributed by atoms with Crippen molar-refractivity contribution < 1.29 is 24.2 Å². The molecule has 2 N–H and O–H groups in total. The van der Waals surface area contributed by atoms with E-state index < -0.39 is 5.97 Å². The molecule has 0 atom stereocenters. The van der Waals surface area contributed by atoms with Gasteiger partial charge in [0.25, 0.3) is 5.91 Å². The number of hydrogen-bond donors (Lipinski definition) is 2. The number of anilines is 1. The fourth-order valence-corrected chi connectivity index (χ4v) is 2.89. The van der Waals surface area contributed by atoms with E-state index in [0.717, 1.165) is 0 Å². The number of para-hydroxylation sites is 1. The number of allylic oxidation sites excluding steroid dienone is 1. The molecule has 0 heterocycles. The van der Waals surface area contributed by atoms with Gasteiger partial charge in [-0.15, -0.1) is 0 Å². The lowest BCUT2D eigenvalue weighted by Gasteiger charge is -2.12. The molecule has 0 radical (unpaired) electrons. The van der Waals surface area contributed by atoms with Crippen LogP contribution in [-0.4, -0.2) is 30.7 Å². The van der Waals surface area contributed by atoms with Crippen molar-refractivity contribution >= 4 is 29.2 Å². The summed E-state index contributed by atoms with van der Waals surface area (Å²) in [5.41, 5.74) is 2.45. The van der Waals surface area contributed by atoms with Crippen LogP contribution in [0.1, 0.15) is 21.5 Å². The summed E-state index contributed by atoms with van der Waals surface area (Å²) in [7, 11) is 1.48. The highest BCUT2D eigenvalue weighted by atomic mass is 16.5. The van der Waals surface area contributed by atoms with E-state index in [9.17, 15) is 14.9 Å². The second-order valence-corrected chi connectivity index (χ2v) is 6.67. The minimum Gasteiger partial charge on any atom is -0.493 e. The number of nitrogens with one attached hydrogen (secondary N) is 1. The number of carboxylic acids is 1. The Labute approximate surface area is 185 Å². The molecule has 160 valence electrons. The zero-order chi connectivity index (χ0) is 22.9. The molecule has 7 nitrogen and oxygen atoms in total. The molecule has 0 aromatic heterocycles. The normalized spacial score (nSPS) is 10.7. The third-order valence-corrected chi connectivity index (χ3v) is 4.48. The topological polar surface area (TPSA) is 109 Å². The summed E-state index contributed by atoms with van der Waals surface area (Å²) in [6.45, 7) is -0.195. The van der Waals surface area contributed by atoms with Crippen LogP contribution in [0, 0.1) is 11.3 Å². The van der Waals surface area contributed by atoms with E-state index in [1.165, 1.54) is 19.2 Å². The van der Waals surface area contributed by atoms with E-state index in [0.29, 0.717) is 33.9 Å². The molecule has 3 aromatic rings. The van der Waals surface area contributed by atoms with Crippen molar-refractivity contribution in [1.29, 1.82) is 5.26 Å². The van der Waals surface area contributed by atoms with Crippen LogP contribution in [0.3, 0.4) is 0 Å². The van der Waals surface area contributed by atoms with Gasteiger partial charge >= 0.3 is 5.97 Å². The lowest BCUT2D eigenvalue weighted by Crippen LogP contribution is -2.20. The number of hydrogen-bond acceptors (Lipinski definition) is 5. The van der Waals surface area contributed by atoms with Crippen LogP contribution in [-0.2, 0) is 4.79 Å². The van der Waals surface area contributed by atoms with E-state index >= 15 is 0 Å². The summed E-state index contributed by atoms with van der Waals surface area (Å²) < 4.78 is 11.0. The maximum absolute atomic E-state index is 12.1. The van der Waals surface area contributed by atoms with Crippen LogP contribution >= 0.6 is 0 Å². The van der Waals surface area contributed by atoms with Crippen LogP contribution in [0.4, 0.5) is 5.69 Å². The van der Waals surface area contributed by atoms with Crippen molar-refractivity contribution in [2.45, 2.75) is 0 Å². The maximum Gasteiger partial charge on any atom is 0.335 e. The molecule has 0 unspecified atom stereocenters. The Hall–Kier alpha value is -4.57. The minimum atomic E-state index is -1.03. The van der Waals surface area contributed by atoms with Gasteiger partial charge in [-0.1, -0.05) is 36.4 Å². The van der Waals surface area contributed by atoms with Crippen LogP contribution in [0.25, 0.3) is 11.6 Å². The summed E-state index contributed by atoms with van der Waals surface area (Å²) in [5, 5.41) is 21.3. The molecule has 0 aliphatic heterocycles. The molecule has 0 bridgehead atoms. The van der Waals surface area contributed by atoms with Gasteiger partial charge in [-0.2, -0.15) is 5.26 Å². The molecule has 0 aliphatic carbocycles. The van der Waals surface area contributed by atoms with Gasteiger partial charge in [-0.05, 0) is 53.6 Å². The second-order valence-electron chi connectivity index (χ2n) is 6.67. The maximum atomic E-state index is 12.1. The van der Waals surface area contributed by atoms with Gasteiger partial charge in [-0.25, -0.2) is 4.79 Å². The monoisotopic (exact) mass is 428 g/mol. The number of rotatable bonds is 8. The Kier molecular flexibility index (Phi) is 7.23. The molecule has 0 aliphatic rings. The highest BCUT2D eigenvalue weighted by Crippen LogP contribution is 2.30. The molecule has 0 saturated heterocycles. The standard InChI is InChI=1S/C25H20N2O5/c1-31-23-14-17(13-20(15-26)18-8-10-19(11-9-18)25(29)30)7-12-22(23)32-16-24(28)27-21-5-3-2-4-6-21/h2-14H,16H2,1H3,(H,27,28)(H,29,30)/b20-13-. The number of benzene rings is 3. The Morgan fingerprint density at radius 3 is 2.31 bits per heavy atom. The van der Waals surface area contributed by atoms with Gasteiger partial charge < -0.3 is 19.9 Å². The van der Waals surface area contributed by atoms with Gasteiger partial charge in [0, 0.05) is 5.69 Å². The molecule has 3 aromatic carbocycles. The number of carboxylic acid groups (broad SMARTS) is 1. The van der Waals surface area contributed by atoms with Crippen LogP contribution < -0.4 is 14.8 Å². The molecule has 0 fully saturated rings. The van der Waals surface area contributed by atoms with E-state index in [2.05, 4.69) is 11.4 Å². The second kappa shape index (κ2) is 10.5. The summed E-state index contributed by atoms with van der Waals surface area (Å²) in [5.74, 6) is -0.544.